The van der Waals surface area contributed by atoms with Crippen LogP contribution in [0.5, 0.6) is 0 Å². The van der Waals surface area contributed by atoms with Crippen molar-refractivity contribution in [2.45, 2.75) is 26.8 Å². The molecule has 0 saturated heterocycles. The smallest absolute Gasteiger partial charge is 0.0931 e. The first-order chi connectivity index (χ1) is 7.72. The number of hydrogen-bond acceptors (Lipinski definition) is 3. The molecule has 0 spiro atoms. The van der Waals surface area contributed by atoms with E-state index in [0.29, 0.717) is 0 Å². The van der Waals surface area contributed by atoms with Crippen molar-refractivity contribution in [1.82, 2.24) is 5.32 Å². The molecule has 0 fully saturated rings. The van der Waals surface area contributed by atoms with Crippen LogP contribution in [0.15, 0.2) is 12.1 Å². The van der Waals surface area contributed by atoms with E-state index < -0.39 is 0 Å². The second-order valence-corrected chi connectivity index (χ2v) is 6.92. The molecule has 0 aliphatic carbocycles. The van der Waals surface area contributed by atoms with E-state index >= 15 is 0 Å². The Kier molecular flexibility index (Phi) is 7.54. The Bertz CT molecular complexity index is 288. The quantitative estimate of drug-likeness (QED) is 0.712. The molecule has 1 heterocycles. The summed E-state index contributed by atoms with van der Waals surface area (Å²) in [7, 11) is 0. The molecular formula is C12H20ClNS2. The first kappa shape index (κ1) is 14.4. The van der Waals surface area contributed by atoms with Crippen LogP contribution >= 0.6 is 34.7 Å². The van der Waals surface area contributed by atoms with Crippen LogP contribution in [-0.4, -0.2) is 18.1 Å². The van der Waals surface area contributed by atoms with Gasteiger partial charge in [0, 0.05) is 23.7 Å². The molecule has 0 bridgehead atoms. The molecule has 16 heavy (non-hydrogen) atoms. The van der Waals surface area contributed by atoms with Crippen molar-refractivity contribution in [1.29, 1.82) is 0 Å². The zero-order valence-electron chi connectivity index (χ0n) is 9.96. The molecule has 1 aromatic rings. The number of halogens is 1. The van der Waals surface area contributed by atoms with Crippen LogP contribution in [0.25, 0.3) is 0 Å². The van der Waals surface area contributed by atoms with E-state index in [-0.39, 0.29) is 0 Å². The second kappa shape index (κ2) is 8.40. The highest BCUT2D eigenvalue weighted by molar-refractivity contribution is 7.99. The van der Waals surface area contributed by atoms with Crippen LogP contribution in [-0.2, 0) is 6.54 Å². The molecule has 0 radical (unpaired) electrons. The van der Waals surface area contributed by atoms with E-state index in [1.807, 2.05) is 17.8 Å². The Hall–Kier alpha value is 0.300. The first-order valence-electron chi connectivity index (χ1n) is 5.75. The van der Waals surface area contributed by atoms with Gasteiger partial charge in [-0.1, -0.05) is 31.9 Å². The molecule has 1 unspecified atom stereocenters. The van der Waals surface area contributed by atoms with Gasteiger partial charge in [0.05, 0.1) is 4.34 Å². The molecule has 0 aliphatic rings. The van der Waals surface area contributed by atoms with Crippen molar-refractivity contribution in [3.8, 4) is 0 Å². The van der Waals surface area contributed by atoms with E-state index in [0.717, 1.165) is 23.3 Å². The minimum atomic E-state index is 0.848. The third kappa shape index (κ3) is 6.14. The highest BCUT2D eigenvalue weighted by Crippen LogP contribution is 2.20. The van der Waals surface area contributed by atoms with Crippen molar-refractivity contribution in [3.05, 3.63) is 21.3 Å². The van der Waals surface area contributed by atoms with Gasteiger partial charge >= 0.3 is 0 Å². The van der Waals surface area contributed by atoms with Gasteiger partial charge in [0.15, 0.2) is 0 Å². The Morgan fingerprint density at radius 2 is 2.31 bits per heavy atom. The summed E-state index contributed by atoms with van der Waals surface area (Å²) < 4.78 is 0.878. The molecule has 0 aliphatic heterocycles. The number of nitrogens with one attached hydrogen (secondary N) is 1. The average Bonchev–Trinajstić information content (AvgIpc) is 2.69. The Balaban J connectivity index is 1.96. The fraction of sp³-hybridized carbons (Fsp3) is 0.667. The van der Waals surface area contributed by atoms with Crippen LogP contribution < -0.4 is 5.32 Å². The molecule has 4 heteroatoms. The van der Waals surface area contributed by atoms with Crippen LogP contribution in [0.3, 0.4) is 0 Å². The molecule has 1 aromatic heterocycles. The maximum absolute atomic E-state index is 5.86. The summed E-state index contributed by atoms with van der Waals surface area (Å²) in [4.78, 5) is 1.32. The van der Waals surface area contributed by atoms with Crippen molar-refractivity contribution < 1.29 is 0 Å². The number of rotatable bonds is 8. The van der Waals surface area contributed by atoms with E-state index in [4.69, 9.17) is 11.6 Å². The molecule has 1 nitrogen and oxygen atoms in total. The zero-order chi connectivity index (χ0) is 11.8. The average molecular weight is 278 g/mol. The van der Waals surface area contributed by atoms with Gasteiger partial charge in [-0.15, -0.1) is 11.3 Å². The fourth-order valence-electron chi connectivity index (χ4n) is 1.21. The van der Waals surface area contributed by atoms with E-state index in [9.17, 15) is 0 Å². The predicted molar refractivity (Wildman–Crippen MR) is 77.8 cm³/mol. The normalized spacial score (nSPS) is 12.9. The van der Waals surface area contributed by atoms with Gasteiger partial charge in [-0.2, -0.15) is 11.8 Å². The summed E-state index contributed by atoms with van der Waals surface area (Å²) in [6, 6.07) is 4.05. The van der Waals surface area contributed by atoms with Gasteiger partial charge in [-0.25, -0.2) is 0 Å². The minimum Gasteiger partial charge on any atom is -0.311 e. The largest absolute Gasteiger partial charge is 0.311 e. The highest BCUT2D eigenvalue weighted by Gasteiger charge is 1.99. The van der Waals surface area contributed by atoms with Crippen LogP contribution in [0.1, 0.15) is 25.1 Å². The molecule has 0 aromatic carbocycles. The molecule has 0 saturated carbocycles. The van der Waals surface area contributed by atoms with E-state index in [2.05, 4.69) is 25.2 Å². The standard InChI is InChI=1S/C12H20ClNS2/c1-3-10(2)9-15-7-6-14-8-11-4-5-12(13)16-11/h4-5,10,14H,3,6-9H2,1-2H3. The monoisotopic (exact) mass is 277 g/mol. The van der Waals surface area contributed by atoms with E-state index in [1.165, 1.54) is 22.8 Å². The van der Waals surface area contributed by atoms with Crippen LogP contribution in [0, 0.1) is 5.92 Å². The second-order valence-electron chi connectivity index (χ2n) is 3.97. The third-order valence-electron chi connectivity index (χ3n) is 2.45. The van der Waals surface area contributed by atoms with Gasteiger partial charge in [-0.3, -0.25) is 0 Å². The van der Waals surface area contributed by atoms with Crippen molar-refractivity contribution >= 4 is 34.7 Å². The molecule has 1 atom stereocenters. The maximum Gasteiger partial charge on any atom is 0.0931 e. The summed E-state index contributed by atoms with van der Waals surface area (Å²) in [5, 5.41) is 3.44. The van der Waals surface area contributed by atoms with Crippen molar-refractivity contribution in [2.75, 3.05) is 18.1 Å². The number of hydrogen-bond donors (Lipinski definition) is 1. The lowest BCUT2D eigenvalue weighted by molar-refractivity contribution is 0.636. The van der Waals surface area contributed by atoms with Gasteiger partial charge in [0.25, 0.3) is 0 Å². The summed E-state index contributed by atoms with van der Waals surface area (Å²) in [6.07, 6.45) is 1.29. The van der Waals surface area contributed by atoms with Gasteiger partial charge in [0.2, 0.25) is 0 Å². The summed E-state index contributed by atoms with van der Waals surface area (Å²) >= 11 is 9.56. The maximum atomic E-state index is 5.86. The van der Waals surface area contributed by atoms with Gasteiger partial charge in [0.1, 0.15) is 0 Å². The lowest BCUT2D eigenvalue weighted by Crippen LogP contribution is -2.16. The molecular weight excluding hydrogens is 258 g/mol. The topological polar surface area (TPSA) is 12.0 Å². The van der Waals surface area contributed by atoms with Crippen LogP contribution in [0.2, 0.25) is 4.34 Å². The minimum absolute atomic E-state index is 0.848. The fourth-order valence-corrected chi connectivity index (χ4v) is 3.36. The molecule has 0 amide bonds. The van der Waals surface area contributed by atoms with Crippen molar-refractivity contribution in [2.24, 2.45) is 5.92 Å². The van der Waals surface area contributed by atoms with Crippen LogP contribution in [0.4, 0.5) is 0 Å². The first-order valence-corrected chi connectivity index (χ1v) is 8.10. The lowest BCUT2D eigenvalue weighted by atomic mass is 10.2. The Morgan fingerprint density at radius 1 is 1.50 bits per heavy atom. The molecule has 92 valence electrons. The van der Waals surface area contributed by atoms with Gasteiger partial charge in [-0.05, 0) is 23.8 Å². The lowest BCUT2D eigenvalue weighted by Gasteiger charge is -2.07. The predicted octanol–water partition coefficient (Wildman–Crippen LogP) is 4.27. The zero-order valence-corrected chi connectivity index (χ0v) is 12.4. The summed E-state index contributed by atoms with van der Waals surface area (Å²) in [5.74, 6) is 3.33. The highest BCUT2D eigenvalue weighted by atomic mass is 35.5. The Labute approximate surface area is 112 Å². The summed E-state index contributed by atoms with van der Waals surface area (Å²) in [5.41, 5.74) is 0. The summed E-state index contributed by atoms with van der Waals surface area (Å²) in [6.45, 7) is 6.59. The van der Waals surface area contributed by atoms with E-state index in [1.54, 1.807) is 11.3 Å². The number of thioether (sulfide) groups is 1. The molecule has 1 rings (SSSR count). The Morgan fingerprint density at radius 3 is 2.94 bits per heavy atom. The molecule has 1 N–H and O–H groups in total. The SMILES string of the molecule is CCC(C)CSCCNCc1ccc(Cl)s1. The van der Waals surface area contributed by atoms with Crippen molar-refractivity contribution in [3.63, 3.8) is 0 Å². The van der Waals surface area contributed by atoms with Gasteiger partial charge < -0.3 is 5.32 Å². The number of thiophene rings is 1. The third-order valence-corrected chi connectivity index (χ3v) is 4.98.